The number of ether oxygens (including phenoxy) is 2. The molecule has 0 unspecified atom stereocenters. The number of amides is 1. The second-order valence-electron chi connectivity index (χ2n) is 6.60. The van der Waals surface area contributed by atoms with Gasteiger partial charge in [0.25, 0.3) is 11.1 Å². The predicted molar refractivity (Wildman–Crippen MR) is 110 cm³/mol. The highest BCUT2D eigenvalue weighted by Gasteiger charge is 2.31. The third-order valence-electron chi connectivity index (χ3n) is 4.77. The molecule has 1 amide bonds. The Bertz CT molecular complexity index is 1080. The molecule has 1 aliphatic rings. The van der Waals surface area contributed by atoms with Gasteiger partial charge in [0, 0.05) is 17.4 Å². The minimum atomic E-state index is -0.276. The van der Waals surface area contributed by atoms with Gasteiger partial charge in [0.05, 0.1) is 42.4 Å². The lowest BCUT2D eigenvalue weighted by Gasteiger charge is -2.27. The Morgan fingerprint density at radius 3 is 2.90 bits per heavy atom. The Morgan fingerprint density at radius 2 is 2.14 bits per heavy atom. The molecule has 8 nitrogen and oxygen atoms in total. The number of aryl methyl sites for hydroxylation is 1. The van der Waals surface area contributed by atoms with Crippen molar-refractivity contribution >= 4 is 23.2 Å². The molecule has 0 aliphatic carbocycles. The van der Waals surface area contributed by atoms with E-state index in [1.165, 1.54) is 11.3 Å². The van der Waals surface area contributed by atoms with Crippen LogP contribution in [0.2, 0.25) is 0 Å². The number of anilines is 1. The zero-order chi connectivity index (χ0) is 20.5. The molecular weight excluding hydrogens is 390 g/mol. The smallest absolute Gasteiger partial charge is 0.273 e. The molecule has 29 heavy (non-hydrogen) atoms. The first-order valence-corrected chi connectivity index (χ1v) is 10.1. The van der Waals surface area contributed by atoms with Gasteiger partial charge in [-0.25, -0.2) is 15.0 Å². The fraction of sp³-hybridized carbons (Fsp3) is 0.300. The zero-order valence-electron chi connectivity index (χ0n) is 16.4. The van der Waals surface area contributed by atoms with Crippen LogP contribution in [0.4, 0.5) is 5.95 Å². The van der Waals surface area contributed by atoms with E-state index in [-0.39, 0.29) is 17.9 Å². The summed E-state index contributed by atoms with van der Waals surface area (Å²) in [5.41, 5.74) is 10.1. The molecular formula is C20H21N5O3S. The molecule has 150 valence electrons. The Balaban J connectivity index is 1.77. The first-order valence-electron chi connectivity index (χ1n) is 9.20. The van der Waals surface area contributed by atoms with Gasteiger partial charge in [0.15, 0.2) is 0 Å². The fourth-order valence-electron chi connectivity index (χ4n) is 3.52. The maximum atomic E-state index is 12.8. The normalized spacial score (nSPS) is 15.6. The van der Waals surface area contributed by atoms with Crippen molar-refractivity contribution in [3.8, 4) is 22.2 Å². The topological polar surface area (TPSA) is 112 Å². The van der Waals surface area contributed by atoms with Crippen molar-refractivity contribution in [1.29, 1.82) is 0 Å². The van der Waals surface area contributed by atoms with Crippen LogP contribution in [0, 0.1) is 6.92 Å². The first-order chi connectivity index (χ1) is 14.0. The number of nitrogen functional groups attached to an aromatic ring is 1. The van der Waals surface area contributed by atoms with Gasteiger partial charge in [-0.2, -0.15) is 0 Å². The second kappa shape index (κ2) is 7.67. The SMILES string of the molecule is CCOc1nc(-c2cc(OC)ccc2[C@H]2Cc3nc(N)nc(C)c3C(=O)N2)cs1. The minimum Gasteiger partial charge on any atom is -0.497 e. The number of benzene rings is 1. The van der Waals surface area contributed by atoms with Crippen molar-refractivity contribution in [1.82, 2.24) is 20.3 Å². The van der Waals surface area contributed by atoms with Crippen LogP contribution in [0.5, 0.6) is 10.9 Å². The second-order valence-corrected chi connectivity index (χ2v) is 7.42. The number of rotatable bonds is 5. The van der Waals surface area contributed by atoms with Gasteiger partial charge >= 0.3 is 0 Å². The van der Waals surface area contributed by atoms with E-state index in [4.69, 9.17) is 15.2 Å². The van der Waals surface area contributed by atoms with Crippen molar-refractivity contribution in [2.24, 2.45) is 0 Å². The van der Waals surface area contributed by atoms with Crippen LogP contribution in [0.25, 0.3) is 11.3 Å². The summed E-state index contributed by atoms with van der Waals surface area (Å²) in [5.74, 6) is 0.675. The summed E-state index contributed by atoms with van der Waals surface area (Å²) in [6.45, 7) is 4.23. The monoisotopic (exact) mass is 411 g/mol. The first kappa shape index (κ1) is 19.1. The minimum absolute atomic E-state index is 0.172. The molecule has 2 aromatic heterocycles. The number of fused-ring (bicyclic) bond motifs is 1. The Kier molecular flexibility index (Phi) is 5.06. The molecule has 9 heteroatoms. The molecule has 1 aromatic carbocycles. The Labute approximate surface area is 172 Å². The van der Waals surface area contributed by atoms with Crippen molar-refractivity contribution in [3.05, 3.63) is 46.1 Å². The van der Waals surface area contributed by atoms with Gasteiger partial charge in [0.1, 0.15) is 5.75 Å². The zero-order valence-corrected chi connectivity index (χ0v) is 17.2. The molecule has 0 spiro atoms. The summed E-state index contributed by atoms with van der Waals surface area (Å²) >= 11 is 1.43. The van der Waals surface area contributed by atoms with E-state index in [9.17, 15) is 4.79 Å². The van der Waals surface area contributed by atoms with E-state index in [0.717, 1.165) is 16.8 Å². The van der Waals surface area contributed by atoms with E-state index in [1.54, 1.807) is 14.0 Å². The van der Waals surface area contributed by atoms with Crippen molar-refractivity contribution < 1.29 is 14.3 Å². The van der Waals surface area contributed by atoms with Gasteiger partial charge in [-0.15, -0.1) is 0 Å². The van der Waals surface area contributed by atoms with Crippen LogP contribution in [-0.4, -0.2) is 34.6 Å². The van der Waals surface area contributed by atoms with Crippen LogP contribution in [-0.2, 0) is 6.42 Å². The molecule has 3 aromatic rings. The van der Waals surface area contributed by atoms with Gasteiger partial charge in [-0.1, -0.05) is 17.4 Å². The summed E-state index contributed by atoms with van der Waals surface area (Å²) in [6, 6.07) is 5.46. The molecule has 0 saturated heterocycles. The third kappa shape index (κ3) is 3.61. The van der Waals surface area contributed by atoms with Crippen molar-refractivity contribution in [2.75, 3.05) is 19.5 Å². The lowest BCUT2D eigenvalue weighted by Crippen LogP contribution is -2.37. The number of nitrogens with two attached hydrogens (primary N) is 1. The van der Waals surface area contributed by atoms with Crippen LogP contribution in [0.15, 0.2) is 23.6 Å². The van der Waals surface area contributed by atoms with Gasteiger partial charge in [-0.05, 0) is 31.5 Å². The lowest BCUT2D eigenvalue weighted by molar-refractivity contribution is 0.0922. The number of carbonyl (C=O) groups is 1. The number of thiazole rings is 1. The summed E-state index contributed by atoms with van der Waals surface area (Å²) < 4.78 is 10.9. The molecule has 3 heterocycles. The van der Waals surface area contributed by atoms with E-state index < -0.39 is 0 Å². The summed E-state index contributed by atoms with van der Waals surface area (Å²) in [4.78, 5) is 25.8. The number of carbonyl (C=O) groups excluding carboxylic acids is 1. The Morgan fingerprint density at radius 1 is 1.31 bits per heavy atom. The van der Waals surface area contributed by atoms with Crippen molar-refractivity contribution in [3.63, 3.8) is 0 Å². The number of methoxy groups -OCH3 is 1. The summed E-state index contributed by atoms with van der Waals surface area (Å²) in [6.07, 6.45) is 0.510. The molecule has 3 N–H and O–H groups in total. The molecule has 1 aliphatic heterocycles. The van der Waals surface area contributed by atoms with Crippen LogP contribution in [0.1, 0.15) is 40.3 Å². The number of nitrogens with zero attached hydrogens (tertiary/aromatic N) is 3. The van der Waals surface area contributed by atoms with Gasteiger partial charge < -0.3 is 20.5 Å². The molecule has 0 bridgehead atoms. The average Bonchev–Trinajstić information content (AvgIpc) is 3.15. The molecule has 4 rings (SSSR count). The van der Waals surface area contributed by atoms with Crippen LogP contribution in [0.3, 0.4) is 0 Å². The van der Waals surface area contributed by atoms with Crippen LogP contribution >= 0.6 is 11.3 Å². The maximum absolute atomic E-state index is 12.8. The highest BCUT2D eigenvalue weighted by molar-refractivity contribution is 7.11. The van der Waals surface area contributed by atoms with E-state index in [0.29, 0.717) is 40.9 Å². The maximum Gasteiger partial charge on any atom is 0.273 e. The number of nitrogens with one attached hydrogen (secondary N) is 1. The fourth-order valence-corrected chi connectivity index (χ4v) is 4.25. The van der Waals surface area contributed by atoms with E-state index in [1.807, 2.05) is 30.5 Å². The third-order valence-corrected chi connectivity index (χ3v) is 5.53. The van der Waals surface area contributed by atoms with Gasteiger partial charge in [0.2, 0.25) is 5.95 Å². The number of hydrogen-bond donors (Lipinski definition) is 2. The van der Waals surface area contributed by atoms with Crippen LogP contribution < -0.4 is 20.5 Å². The quantitative estimate of drug-likeness (QED) is 0.664. The highest BCUT2D eigenvalue weighted by Crippen LogP contribution is 2.37. The molecule has 0 radical (unpaired) electrons. The van der Waals surface area contributed by atoms with E-state index >= 15 is 0 Å². The average molecular weight is 411 g/mol. The van der Waals surface area contributed by atoms with Crippen molar-refractivity contribution in [2.45, 2.75) is 26.3 Å². The number of hydrogen-bond acceptors (Lipinski definition) is 8. The Hall–Kier alpha value is -3.20. The van der Waals surface area contributed by atoms with E-state index in [2.05, 4.69) is 20.3 Å². The molecule has 0 saturated carbocycles. The number of aromatic nitrogens is 3. The highest BCUT2D eigenvalue weighted by atomic mass is 32.1. The summed E-state index contributed by atoms with van der Waals surface area (Å²) in [5, 5.41) is 5.61. The standard InChI is InChI=1S/C20H21N5O3S/c1-4-28-20-25-16(9-29-20)13-7-11(27-3)5-6-12(13)14-8-15-17(18(26)23-14)10(2)22-19(21)24-15/h5-7,9,14H,4,8H2,1-3H3,(H,23,26)(H2,21,22,24)/t14-/m1/s1. The largest absolute Gasteiger partial charge is 0.497 e. The van der Waals surface area contributed by atoms with Gasteiger partial charge in [-0.3, -0.25) is 4.79 Å². The predicted octanol–water partition coefficient (Wildman–Crippen LogP) is 2.93. The molecule has 0 fully saturated rings. The summed E-state index contributed by atoms with van der Waals surface area (Å²) in [7, 11) is 1.62. The molecule has 1 atom stereocenters. The lowest BCUT2D eigenvalue weighted by atomic mass is 9.90.